The average molecular weight is 380 g/mol. The van der Waals surface area contributed by atoms with Gasteiger partial charge in [-0.05, 0) is 38.3 Å². The topological polar surface area (TPSA) is 68.4 Å². The number of nitrogens with one attached hydrogen (secondary N) is 1. The van der Waals surface area contributed by atoms with Gasteiger partial charge in [0.05, 0.1) is 5.52 Å². The summed E-state index contributed by atoms with van der Waals surface area (Å²) in [6.07, 6.45) is 7.66. The first-order valence-electron chi connectivity index (χ1n) is 10.4. The van der Waals surface area contributed by atoms with E-state index in [1.807, 2.05) is 47.3 Å². The Morgan fingerprint density at radius 1 is 1.21 bits per heavy atom. The van der Waals surface area contributed by atoms with Gasteiger partial charge >= 0.3 is 0 Å². The molecule has 1 amide bonds. The number of hydrogen-bond donors (Lipinski definition) is 1. The fourth-order valence-electron chi connectivity index (χ4n) is 4.51. The predicted octanol–water partition coefficient (Wildman–Crippen LogP) is 3.75. The highest BCUT2D eigenvalue weighted by molar-refractivity contribution is 5.94. The number of rotatable bonds is 4. The Labute approximate surface area is 164 Å². The molecule has 0 radical (unpaired) electrons. The molecule has 0 bridgehead atoms. The number of hydrogen-bond acceptors (Lipinski definition) is 3. The maximum absolute atomic E-state index is 13.3. The third-order valence-corrected chi connectivity index (χ3v) is 5.88. The molecule has 28 heavy (non-hydrogen) atoms. The second-order valence-corrected chi connectivity index (χ2v) is 7.85. The zero-order valence-electron chi connectivity index (χ0n) is 16.6. The number of para-hydroxylation sites is 1. The third-order valence-electron chi connectivity index (χ3n) is 5.88. The fourth-order valence-corrected chi connectivity index (χ4v) is 4.51. The molecule has 1 aliphatic rings. The van der Waals surface area contributed by atoms with E-state index < -0.39 is 0 Å². The van der Waals surface area contributed by atoms with Crippen LogP contribution < -0.4 is 10.9 Å². The van der Waals surface area contributed by atoms with Crippen LogP contribution in [0.5, 0.6) is 0 Å². The summed E-state index contributed by atoms with van der Waals surface area (Å²) in [5.41, 5.74) is 2.07. The van der Waals surface area contributed by atoms with E-state index in [0.717, 1.165) is 29.4 Å². The van der Waals surface area contributed by atoms with Crippen molar-refractivity contribution in [3.8, 4) is 0 Å². The van der Waals surface area contributed by atoms with Crippen LogP contribution in [0.1, 0.15) is 63.6 Å². The van der Waals surface area contributed by atoms with E-state index in [1.165, 1.54) is 31.7 Å². The molecule has 1 aromatic carbocycles. The lowest BCUT2D eigenvalue weighted by Gasteiger charge is -2.24. The molecule has 1 N–H and O–H groups in total. The second kappa shape index (κ2) is 7.78. The Hall–Kier alpha value is -2.63. The first-order valence-corrected chi connectivity index (χ1v) is 10.4. The molecular formula is C22H28N4O2. The molecule has 6 heteroatoms. The second-order valence-electron chi connectivity index (χ2n) is 7.85. The quantitative estimate of drug-likeness (QED) is 0.701. The van der Waals surface area contributed by atoms with Gasteiger partial charge in [0.25, 0.3) is 5.56 Å². The molecule has 2 heterocycles. The van der Waals surface area contributed by atoms with Gasteiger partial charge in [0.2, 0.25) is 5.91 Å². The van der Waals surface area contributed by atoms with Crippen LogP contribution in [0.4, 0.5) is 0 Å². The molecule has 0 saturated heterocycles. The van der Waals surface area contributed by atoms with Gasteiger partial charge in [0.1, 0.15) is 6.04 Å². The molecule has 148 valence electrons. The van der Waals surface area contributed by atoms with Crippen molar-refractivity contribution in [2.45, 2.75) is 70.9 Å². The Morgan fingerprint density at radius 3 is 2.64 bits per heavy atom. The van der Waals surface area contributed by atoms with Gasteiger partial charge in [0.15, 0.2) is 5.65 Å². The number of benzene rings is 1. The van der Waals surface area contributed by atoms with Crippen LogP contribution in [-0.4, -0.2) is 26.1 Å². The predicted molar refractivity (Wildman–Crippen MR) is 111 cm³/mol. The van der Waals surface area contributed by atoms with Gasteiger partial charge in [-0.1, -0.05) is 44.7 Å². The molecule has 6 nitrogen and oxygen atoms in total. The SMILES string of the molecule is CC[C@@H](C(=O)NC1CCCCCC1)n1c2ccccc2c2nc(=O)cc(C)n21. The molecule has 3 aromatic rings. The Morgan fingerprint density at radius 2 is 1.93 bits per heavy atom. The van der Waals surface area contributed by atoms with E-state index in [9.17, 15) is 9.59 Å². The molecular weight excluding hydrogens is 352 g/mol. The summed E-state index contributed by atoms with van der Waals surface area (Å²) in [5, 5.41) is 4.20. The summed E-state index contributed by atoms with van der Waals surface area (Å²) in [6, 6.07) is 9.29. The van der Waals surface area contributed by atoms with Crippen LogP contribution >= 0.6 is 0 Å². The lowest BCUT2D eigenvalue weighted by Crippen LogP contribution is -2.40. The Kier molecular flexibility index (Phi) is 5.20. The highest BCUT2D eigenvalue weighted by Gasteiger charge is 2.26. The number of carbonyl (C=O) groups is 1. The van der Waals surface area contributed by atoms with Crippen LogP contribution in [0.2, 0.25) is 0 Å². The van der Waals surface area contributed by atoms with E-state index in [4.69, 9.17) is 0 Å². The van der Waals surface area contributed by atoms with E-state index in [1.54, 1.807) is 0 Å². The summed E-state index contributed by atoms with van der Waals surface area (Å²) in [6.45, 7) is 3.92. The maximum atomic E-state index is 13.3. The van der Waals surface area contributed by atoms with Crippen LogP contribution in [0, 0.1) is 6.92 Å². The molecule has 1 saturated carbocycles. The summed E-state index contributed by atoms with van der Waals surface area (Å²) >= 11 is 0. The maximum Gasteiger partial charge on any atom is 0.273 e. The van der Waals surface area contributed by atoms with Crippen LogP contribution in [0.15, 0.2) is 35.1 Å². The number of aromatic nitrogens is 3. The first-order chi connectivity index (χ1) is 13.6. The number of amides is 1. The van der Waals surface area contributed by atoms with Crippen LogP contribution in [-0.2, 0) is 4.79 Å². The first kappa shape index (κ1) is 18.7. The van der Waals surface area contributed by atoms with Crippen molar-refractivity contribution >= 4 is 22.5 Å². The average Bonchev–Trinajstić information content (AvgIpc) is 2.82. The van der Waals surface area contributed by atoms with Crippen molar-refractivity contribution in [1.82, 2.24) is 19.5 Å². The molecule has 2 aromatic heterocycles. The minimum Gasteiger partial charge on any atom is -0.352 e. The van der Waals surface area contributed by atoms with Crippen LogP contribution in [0.3, 0.4) is 0 Å². The Bertz CT molecular complexity index is 1060. The summed E-state index contributed by atoms with van der Waals surface area (Å²) < 4.78 is 3.94. The van der Waals surface area contributed by atoms with E-state index >= 15 is 0 Å². The lowest BCUT2D eigenvalue weighted by molar-refractivity contribution is -0.125. The molecule has 0 aliphatic heterocycles. The van der Waals surface area contributed by atoms with Gasteiger partial charge < -0.3 is 5.32 Å². The van der Waals surface area contributed by atoms with E-state index in [0.29, 0.717) is 12.1 Å². The monoisotopic (exact) mass is 380 g/mol. The largest absolute Gasteiger partial charge is 0.352 e. The van der Waals surface area contributed by atoms with Crippen molar-refractivity contribution in [2.24, 2.45) is 0 Å². The molecule has 0 spiro atoms. The van der Waals surface area contributed by atoms with Crippen molar-refractivity contribution in [2.75, 3.05) is 0 Å². The van der Waals surface area contributed by atoms with Crippen molar-refractivity contribution in [3.05, 3.63) is 46.4 Å². The zero-order chi connectivity index (χ0) is 19.7. The highest BCUT2D eigenvalue weighted by atomic mass is 16.2. The Balaban J connectivity index is 1.81. The standard InChI is InChI=1S/C22H28N4O2/c1-3-18(22(28)23-16-10-6-4-5-7-11-16)26-19-13-9-8-12-17(19)21-24-20(27)14-15(2)25(21)26/h8-9,12-14,16,18H,3-7,10-11H2,1-2H3,(H,23,28)/t18-/m0/s1. The van der Waals surface area contributed by atoms with Gasteiger partial charge in [-0.3, -0.25) is 14.3 Å². The number of carbonyl (C=O) groups excluding carboxylic acids is 1. The number of fused-ring (bicyclic) bond motifs is 3. The minimum atomic E-state index is -0.353. The third kappa shape index (κ3) is 3.32. The van der Waals surface area contributed by atoms with E-state index in [-0.39, 0.29) is 23.6 Å². The van der Waals surface area contributed by atoms with Crippen molar-refractivity contribution in [3.63, 3.8) is 0 Å². The normalized spacial score (nSPS) is 16.9. The van der Waals surface area contributed by atoms with Crippen LogP contribution in [0.25, 0.3) is 16.6 Å². The lowest BCUT2D eigenvalue weighted by atomic mass is 10.1. The van der Waals surface area contributed by atoms with Crippen molar-refractivity contribution < 1.29 is 4.79 Å². The molecule has 1 atom stereocenters. The number of nitrogens with zero attached hydrogens (tertiary/aromatic N) is 3. The van der Waals surface area contributed by atoms with Gasteiger partial charge in [-0.25, -0.2) is 4.52 Å². The number of aryl methyl sites for hydroxylation is 1. The van der Waals surface area contributed by atoms with Gasteiger partial charge in [-0.2, -0.15) is 4.98 Å². The zero-order valence-corrected chi connectivity index (χ0v) is 16.6. The summed E-state index contributed by atoms with van der Waals surface area (Å²) in [7, 11) is 0. The molecule has 0 unspecified atom stereocenters. The summed E-state index contributed by atoms with van der Waals surface area (Å²) in [4.78, 5) is 29.5. The fraction of sp³-hybridized carbons (Fsp3) is 0.500. The molecule has 4 rings (SSSR count). The summed E-state index contributed by atoms with van der Waals surface area (Å²) in [5.74, 6) is 0.0511. The highest BCUT2D eigenvalue weighted by Crippen LogP contribution is 2.27. The van der Waals surface area contributed by atoms with Crippen molar-refractivity contribution in [1.29, 1.82) is 0 Å². The minimum absolute atomic E-state index is 0.0511. The molecule has 1 fully saturated rings. The van der Waals surface area contributed by atoms with Gasteiger partial charge in [0, 0.05) is 23.2 Å². The van der Waals surface area contributed by atoms with Gasteiger partial charge in [-0.15, -0.1) is 0 Å². The van der Waals surface area contributed by atoms with E-state index in [2.05, 4.69) is 10.3 Å². The molecule has 1 aliphatic carbocycles. The smallest absolute Gasteiger partial charge is 0.273 e.